The molecule has 0 fully saturated rings. The molecule has 0 radical (unpaired) electrons. The summed E-state index contributed by atoms with van der Waals surface area (Å²) in [5.74, 6) is 0.964. The average Bonchev–Trinajstić information content (AvgIpc) is 3.33. The molecule has 0 N–H and O–H groups in total. The molecule has 1 atom stereocenters. The van der Waals surface area contributed by atoms with Crippen LogP contribution in [0.15, 0.2) is 115 Å². The van der Waals surface area contributed by atoms with Crippen molar-refractivity contribution >= 4 is 23.3 Å². The molecular weight excluding hydrogens is 466 g/mol. The Balaban J connectivity index is 1.42. The normalized spacial score (nSPS) is 11.6. The van der Waals surface area contributed by atoms with Gasteiger partial charge in [-0.2, -0.15) is 0 Å². The van der Waals surface area contributed by atoms with Crippen LogP contribution in [0.25, 0.3) is 10.9 Å². The van der Waals surface area contributed by atoms with Crippen molar-refractivity contribution in [1.29, 1.82) is 0 Å². The Morgan fingerprint density at radius 3 is 2.22 bits per heavy atom. The molecule has 0 amide bonds. The van der Waals surface area contributed by atoms with Gasteiger partial charge in [0.15, 0.2) is 6.10 Å². The SMILES string of the molecule is O=Cc1ccc(OCC(Oc2cc3ccccc3n2C(=O)OCc2ccccc2)c2ccccc2)cc1. The molecule has 5 rings (SSSR count). The second kappa shape index (κ2) is 11.3. The molecule has 0 aliphatic carbocycles. The van der Waals surface area contributed by atoms with E-state index in [1.807, 2.05) is 91.0 Å². The summed E-state index contributed by atoms with van der Waals surface area (Å²) in [6.07, 6.45) is -0.260. The van der Waals surface area contributed by atoms with Crippen molar-refractivity contribution in [3.8, 4) is 11.6 Å². The lowest BCUT2D eigenvalue weighted by Gasteiger charge is -2.21. The molecule has 0 spiro atoms. The molecule has 0 bridgehead atoms. The lowest BCUT2D eigenvalue weighted by Crippen LogP contribution is -2.21. The topological polar surface area (TPSA) is 66.8 Å². The molecule has 0 saturated heterocycles. The summed E-state index contributed by atoms with van der Waals surface area (Å²) in [5, 5.41) is 0.853. The molecule has 1 heterocycles. The highest BCUT2D eigenvalue weighted by molar-refractivity contribution is 5.92. The monoisotopic (exact) mass is 491 g/mol. The fourth-order valence-corrected chi connectivity index (χ4v) is 4.01. The van der Waals surface area contributed by atoms with Gasteiger partial charge < -0.3 is 14.2 Å². The van der Waals surface area contributed by atoms with Crippen molar-refractivity contribution in [1.82, 2.24) is 4.57 Å². The van der Waals surface area contributed by atoms with Crippen LogP contribution >= 0.6 is 0 Å². The smallest absolute Gasteiger partial charge is 0.421 e. The number of para-hydroxylation sites is 1. The van der Waals surface area contributed by atoms with Crippen molar-refractivity contribution in [2.45, 2.75) is 12.7 Å². The molecule has 6 heteroatoms. The van der Waals surface area contributed by atoms with E-state index < -0.39 is 12.2 Å². The zero-order valence-electron chi connectivity index (χ0n) is 20.0. The highest BCUT2D eigenvalue weighted by Gasteiger charge is 2.22. The first-order valence-corrected chi connectivity index (χ1v) is 11.9. The largest absolute Gasteiger partial charge is 0.489 e. The molecular formula is C31H25NO5. The van der Waals surface area contributed by atoms with Gasteiger partial charge in [-0.25, -0.2) is 9.36 Å². The van der Waals surface area contributed by atoms with Crippen LogP contribution in [0.5, 0.6) is 11.6 Å². The number of hydrogen-bond acceptors (Lipinski definition) is 5. The third kappa shape index (κ3) is 5.70. The zero-order chi connectivity index (χ0) is 25.5. The number of benzene rings is 4. The number of ether oxygens (including phenoxy) is 3. The minimum atomic E-state index is -0.530. The van der Waals surface area contributed by atoms with E-state index in [0.29, 0.717) is 22.7 Å². The predicted molar refractivity (Wildman–Crippen MR) is 141 cm³/mol. The van der Waals surface area contributed by atoms with Crippen molar-refractivity contribution in [2.75, 3.05) is 6.61 Å². The highest BCUT2D eigenvalue weighted by atomic mass is 16.6. The van der Waals surface area contributed by atoms with E-state index in [-0.39, 0.29) is 13.2 Å². The molecule has 6 nitrogen and oxygen atoms in total. The number of hydrogen-bond donors (Lipinski definition) is 0. The van der Waals surface area contributed by atoms with Crippen LogP contribution in [-0.4, -0.2) is 23.6 Å². The molecule has 37 heavy (non-hydrogen) atoms. The van der Waals surface area contributed by atoms with E-state index in [9.17, 15) is 9.59 Å². The number of aromatic nitrogens is 1. The van der Waals surface area contributed by atoms with E-state index >= 15 is 0 Å². The summed E-state index contributed by atoms with van der Waals surface area (Å²) in [7, 11) is 0. The van der Waals surface area contributed by atoms with Crippen molar-refractivity contribution in [2.24, 2.45) is 0 Å². The van der Waals surface area contributed by atoms with Crippen molar-refractivity contribution < 1.29 is 23.8 Å². The molecule has 0 aliphatic heterocycles. The summed E-state index contributed by atoms with van der Waals surface area (Å²) < 4.78 is 19.5. The van der Waals surface area contributed by atoms with E-state index in [2.05, 4.69) is 0 Å². The Morgan fingerprint density at radius 2 is 1.49 bits per heavy atom. The minimum Gasteiger partial charge on any atom is -0.489 e. The van der Waals surface area contributed by atoms with Crippen LogP contribution in [0.1, 0.15) is 27.6 Å². The van der Waals surface area contributed by atoms with E-state index in [1.165, 1.54) is 4.57 Å². The van der Waals surface area contributed by atoms with Crippen molar-refractivity contribution in [3.05, 3.63) is 132 Å². The van der Waals surface area contributed by atoms with Gasteiger partial charge in [-0.15, -0.1) is 0 Å². The molecule has 0 saturated carbocycles. The summed E-state index contributed by atoms with van der Waals surface area (Å²) >= 11 is 0. The molecule has 0 aliphatic rings. The van der Waals surface area contributed by atoms with E-state index in [1.54, 1.807) is 24.3 Å². The third-order valence-electron chi connectivity index (χ3n) is 5.92. The van der Waals surface area contributed by atoms with Gasteiger partial charge in [0.2, 0.25) is 5.88 Å². The van der Waals surface area contributed by atoms with Gasteiger partial charge in [-0.05, 0) is 41.5 Å². The Kier molecular flexibility index (Phi) is 7.27. The lowest BCUT2D eigenvalue weighted by molar-refractivity contribution is 0.110. The number of carbonyl (C=O) groups excluding carboxylic acids is 2. The van der Waals surface area contributed by atoms with E-state index in [4.69, 9.17) is 14.2 Å². The van der Waals surface area contributed by atoms with Crippen molar-refractivity contribution in [3.63, 3.8) is 0 Å². The molecule has 4 aromatic carbocycles. The number of rotatable bonds is 9. The molecule has 5 aromatic rings. The van der Waals surface area contributed by atoms with Gasteiger partial charge in [0.1, 0.15) is 25.2 Å². The Labute approximate surface area is 214 Å². The van der Waals surface area contributed by atoms with E-state index in [0.717, 1.165) is 22.8 Å². The predicted octanol–water partition coefficient (Wildman–Crippen LogP) is 6.84. The fourth-order valence-electron chi connectivity index (χ4n) is 4.01. The van der Waals surface area contributed by atoms with Gasteiger partial charge in [0.05, 0.1) is 5.52 Å². The number of aldehydes is 1. The maximum Gasteiger partial charge on any atom is 0.421 e. The van der Waals surface area contributed by atoms with Crippen LogP contribution in [0.4, 0.5) is 4.79 Å². The second-order valence-corrected chi connectivity index (χ2v) is 8.43. The molecule has 1 aromatic heterocycles. The maximum atomic E-state index is 13.3. The highest BCUT2D eigenvalue weighted by Crippen LogP contribution is 2.30. The number of fused-ring (bicyclic) bond motifs is 1. The minimum absolute atomic E-state index is 0.146. The van der Waals surface area contributed by atoms with Crippen LogP contribution < -0.4 is 9.47 Å². The van der Waals surface area contributed by atoms with Crippen LogP contribution in [0, 0.1) is 0 Å². The van der Waals surface area contributed by atoms with Crippen LogP contribution in [0.2, 0.25) is 0 Å². The first kappa shape index (κ1) is 23.9. The van der Waals surface area contributed by atoms with Gasteiger partial charge >= 0.3 is 6.09 Å². The average molecular weight is 492 g/mol. The Bertz CT molecular complexity index is 1480. The number of nitrogens with zero attached hydrogens (tertiary/aromatic N) is 1. The summed E-state index contributed by atoms with van der Waals surface area (Å²) in [6.45, 7) is 0.332. The van der Waals surface area contributed by atoms with Crippen LogP contribution in [0.3, 0.4) is 0 Å². The van der Waals surface area contributed by atoms with Gasteiger partial charge in [0, 0.05) is 17.0 Å². The Morgan fingerprint density at radius 1 is 0.811 bits per heavy atom. The molecule has 1 unspecified atom stereocenters. The summed E-state index contributed by atoms with van der Waals surface area (Å²) in [4.78, 5) is 24.2. The number of carbonyl (C=O) groups is 2. The third-order valence-corrected chi connectivity index (χ3v) is 5.92. The van der Waals surface area contributed by atoms with Crippen LogP contribution in [-0.2, 0) is 11.3 Å². The zero-order valence-corrected chi connectivity index (χ0v) is 20.0. The second-order valence-electron chi connectivity index (χ2n) is 8.43. The van der Waals surface area contributed by atoms with Gasteiger partial charge in [-0.3, -0.25) is 4.79 Å². The van der Waals surface area contributed by atoms with Gasteiger partial charge in [-0.1, -0.05) is 78.9 Å². The molecule has 184 valence electrons. The lowest BCUT2D eigenvalue weighted by atomic mass is 10.1. The maximum absolute atomic E-state index is 13.3. The first-order chi connectivity index (χ1) is 18.2. The van der Waals surface area contributed by atoms with Gasteiger partial charge in [0.25, 0.3) is 0 Å². The summed E-state index contributed by atoms with van der Waals surface area (Å²) in [6, 6.07) is 35.5. The standard InChI is InChI=1S/C31H25NO5/c33-20-23-15-17-27(18-16-23)35-22-29(25-11-5-2-6-12-25)37-30-19-26-13-7-8-14-28(26)32(30)31(34)36-21-24-9-3-1-4-10-24/h1-20,29H,21-22H2. The quantitative estimate of drug-likeness (QED) is 0.211. The fraction of sp³-hybridized carbons (Fsp3) is 0.0968. The summed E-state index contributed by atoms with van der Waals surface area (Å²) in [5.41, 5.74) is 3.04. The first-order valence-electron chi connectivity index (χ1n) is 11.9. The Hall–Kier alpha value is -4.84.